The minimum Gasteiger partial charge on any atom is -0.406 e. The molecule has 1 unspecified atom stereocenters. The summed E-state index contributed by atoms with van der Waals surface area (Å²) in [6, 6.07) is 16.4. The highest BCUT2D eigenvalue weighted by Gasteiger charge is 2.31. The molecule has 35 heavy (non-hydrogen) atoms. The third kappa shape index (κ3) is 5.92. The molecule has 0 saturated carbocycles. The van der Waals surface area contributed by atoms with Crippen LogP contribution in [0.5, 0.6) is 5.75 Å². The van der Waals surface area contributed by atoms with Crippen LogP contribution in [0.25, 0.3) is 11.2 Å². The molecule has 0 fully saturated rings. The fourth-order valence-corrected chi connectivity index (χ4v) is 4.15. The van der Waals surface area contributed by atoms with Gasteiger partial charge in [-0.3, -0.25) is 4.79 Å². The summed E-state index contributed by atoms with van der Waals surface area (Å²) in [6.45, 7) is 2.21. The number of nitrogens with two attached hydrogens (primary N) is 1. The van der Waals surface area contributed by atoms with E-state index in [2.05, 4.69) is 14.7 Å². The zero-order valence-corrected chi connectivity index (χ0v) is 19.4. The van der Waals surface area contributed by atoms with E-state index in [1.807, 2.05) is 29.7 Å². The van der Waals surface area contributed by atoms with E-state index in [1.54, 1.807) is 36.5 Å². The largest absolute Gasteiger partial charge is 0.573 e. The van der Waals surface area contributed by atoms with Gasteiger partial charge in [-0.2, -0.15) is 0 Å². The molecule has 2 N–H and O–H groups in total. The van der Waals surface area contributed by atoms with E-state index in [0.29, 0.717) is 27.6 Å². The summed E-state index contributed by atoms with van der Waals surface area (Å²) in [5, 5.41) is 0.594. The van der Waals surface area contributed by atoms with Gasteiger partial charge in [0.2, 0.25) is 5.91 Å². The van der Waals surface area contributed by atoms with Crippen LogP contribution >= 0.6 is 11.6 Å². The van der Waals surface area contributed by atoms with Crippen molar-refractivity contribution in [3.8, 4) is 5.75 Å². The third-order valence-corrected chi connectivity index (χ3v) is 6.10. The highest BCUT2D eigenvalue weighted by molar-refractivity contribution is 6.30. The van der Waals surface area contributed by atoms with Crippen molar-refractivity contribution in [2.75, 3.05) is 0 Å². The molecule has 0 aliphatic heterocycles. The van der Waals surface area contributed by atoms with Crippen molar-refractivity contribution in [1.82, 2.24) is 14.5 Å². The summed E-state index contributed by atoms with van der Waals surface area (Å²) in [6.07, 6.45) is -2.87. The summed E-state index contributed by atoms with van der Waals surface area (Å²) in [5.41, 5.74) is 8.66. The first-order chi connectivity index (χ1) is 16.6. The van der Waals surface area contributed by atoms with Crippen LogP contribution in [0.1, 0.15) is 29.8 Å². The van der Waals surface area contributed by atoms with Gasteiger partial charge in [0.25, 0.3) is 0 Å². The molecular weight excluding hydrogens is 481 g/mol. The molecule has 0 aliphatic carbocycles. The lowest BCUT2D eigenvalue weighted by atomic mass is 9.84. The number of alkyl halides is 3. The Hall–Kier alpha value is -3.59. The molecule has 2 atom stereocenters. The minimum absolute atomic E-state index is 0.204. The van der Waals surface area contributed by atoms with E-state index >= 15 is 0 Å². The van der Waals surface area contributed by atoms with Crippen molar-refractivity contribution in [1.29, 1.82) is 0 Å². The summed E-state index contributed by atoms with van der Waals surface area (Å²) >= 11 is 6.00. The smallest absolute Gasteiger partial charge is 0.406 e. The lowest BCUT2D eigenvalue weighted by Gasteiger charge is -2.22. The SMILES string of the molecule is C[C@@H](c1ccc(Cl)cc1)C(Cc1nc2cccnc2n1Cc1ccc(OC(F)(F)F)cc1)C(N)=O. The Balaban J connectivity index is 1.65. The minimum atomic E-state index is -4.76. The number of aromatic nitrogens is 3. The van der Waals surface area contributed by atoms with Crippen LogP contribution in [0.15, 0.2) is 66.9 Å². The maximum Gasteiger partial charge on any atom is 0.573 e. The molecule has 4 aromatic rings. The molecule has 0 bridgehead atoms. The number of carbonyl (C=O) groups excluding carboxylic acids is 1. The van der Waals surface area contributed by atoms with Gasteiger partial charge >= 0.3 is 6.36 Å². The number of hydrogen-bond donors (Lipinski definition) is 1. The number of imidazole rings is 1. The molecule has 6 nitrogen and oxygen atoms in total. The van der Waals surface area contributed by atoms with Crippen molar-refractivity contribution in [2.24, 2.45) is 11.7 Å². The van der Waals surface area contributed by atoms with Gasteiger partial charge in [0, 0.05) is 17.6 Å². The average molecular weight is 503 g/mol. The van der Waals surface area contributed by atoms with Crippen LogP contribution in [-0.4, -0.2) is 26.8 Å². The first kappa shape index (κ1) is 24.5. The molecule has 2 aromatic carbocycles. The molecular formula is C25H22ClF3N4O2. The van der Waals surface area contributed by atoms with Gasteiger partial charge in [-0.05, 0) is 53.4 Å². The second kappa shape index (κ2) is 9.95. The van der Waals surface area contributed by atoms with Crippen LogP contribution in [0.2, 0.25) is 5.02 Å². The maximum atomic E-state index is 12.5. The number of carbonyl (C=O) groups is 1. The van der Waals surface area contributed by atoms with Crippen molar-refractivity contribution in [2.45, 2.75) is 32.2 Å². The summed E-state index contributed by atoms with van der Waals surface area (Å²) in [4.78, 5) is 21.6. The van der Waals surface area contributed by atoms with E-state index in [4.69, 9.17) is 17.3 Å². The van der Waals surface area contributed by atoms with Gasteiger partial charge in [0.15, 0.2) is 5.65 Å². The highest BCUT2D eigenvalue weighted by Crippen LogP contribution is 2.30. The second-order valence-electron chi connectivity index (χ2n) is 8.21. The molecule has 10 heteroatoms. The van der Waals surface area contributed by atoms with Crippen molar-refractivity contribution < 1.29 is 22.7 Å². The van der Waals surface area contributed by atoms with E-state index in [0.717, 1.165) is 5.56 Å². The fourth-order valence-electron chi connectivity index (χ4n) is 4.03. The van der Waals surface area contributed by atoms with Crippen molar-refractivity contribution >= 4 is 28.7 Å². The van der Waals surface area contributed by atoms with Crippen LogP contribution in [-0.2, 0) is 17.8 Å². The number of benzene rings is 2. The Bertz CT molecular complexity index is 1320. The maximum absolute atomic E-state index is 12.5. The van der Waals surface area contributed by atoms with Crippen LogP contribution in [0, 0.1) is 5.92 Å². The van der Waals surface area contributed by atoms with E-state index < -0.39 is 18.2 Å². The Morgan fingerprint density at radius 3 is 2.43 bits per heavy atom. The number of fused-ring (bicyclic) bond motifs is 1. The van der Waals surface area contributed by atoms with Gasteiger partial charge in [-0.1, -0.05) is 42.8 Å². The van der Waals surface area contributed by atoms with E-state index in [9.17, 15) is 18.0 Å². The van der Waals surface area contributed by atoms with Gasteiger partial charge in [0.05, 0.1) is 12.5 Å². The zero-order valence-electron chi connectivity index (χ0n) is 18.7. The zero-order chi connectivity index (χ0) is 25.2. The summed E-state index contributed by atoms with van der Waals surface area (Å²) < 4.78 is 43.2. The number of amides is 1. The number of primary amides is 1. The molecule has 2 heterocycles. The van der Waals surface area contributed by atoms with E-state index in [1.165, 1.54) is 12.1 Å². The monoisotopic (exact) mass is 502 g/mol. The average Bonchev–Trinajstić information content (AvgIpc) is 3.14. The number of hydrogen-bond acceptors (Lipinski definition) is 4. The number of pyridine rings is 1. The molecule has 182 valence electrons. The Morgan fingerprint density at radius 1 is 1.11 bits per heavy atom. The molecule has 2 aromatic heterocycles. The lowest BCUT2D eigenvalue weighted by molar-refractivity contribution is -0.274. The Morgan fingerprint density at radius 2 is 1.80 bits per heavy atom. The van der Waals surface area contributed by atoms with Crippen LogP contribution < -0.4 is 10.5 Å². The number of rotatable bonds is 8. The van der Waals surface area contributed by atoms with Gasteiger partial charge < -0.3 is 15.0 Å². The van der Waals surface area contributed by atoms with Gasteiger partial charge in [-0.15, -0.1) is 13.2 Å². The number of halogens is 4. The molecule has 0 saturated heterocycles. The normalized spacial score (nSPS) is 13.5. The number of nitrogens with zero attached hydrogens (tertiary/aromatic N) is 3. The quantitative estimate of drug-likeness (QED) is 0.346. The third-order valence-electron chi connectivity index (χ3n) is 5.85. The fraction of sp³-hybridized carbons (Fsp3) is 0.240. The van der Waals surface area contributed by atoms with Crippen LogP contribution in [0.4, 0.5) is 13.2 Å². The first-order valence-electron chi connectivity index (χ1n) is 10.8. The highest BCUT2D eigenvalue weighted by atomic mass is 35.5. The van der Waals surface area contributed by atoms with Gasteiger partial charge in [0.1, 0.15) is 17.1 Å². The topological polar surface area (TPSA) is 83.0 Å². The van der Waals surface area contributed by atoms with Gasteiger partial charge in [-0.25, -0.2) is 9.97 Å². The lowest BCUT2D eigenvalue weighted by Crippen LogP contribution is -2.30. The standard InChI is InChI=1S/C25H22ClF3N4O2/c1-15(17-6-8-18(26)9-7-17)20(23(30)34)13-22-32-21-3-2-12-31-24(21)33(22)14-16-4-10-19(11-5-16)35-25(27,28)29/h2-12,15,20H,13-14H2,1H3,(H2,30,34)/t15-,20?/m0/s1. The number of ether oxygens (including phenoxy) is 1. The van der Waals surface area contributed by atoms with Crippen LogP contribution in [0.3, 0.4) is 0 Å². The predicted octanol–water partition coefficient (Wildman–Crippen LogP) is 5.48. The molecule has 0 radical (unpaired) electrons. The predicted molar refractivity (Wildman–Crippen MR) is 126 cm³/mol. The second-order valence-corrected chi connectivity index (χ2v) is 8.64. The molecule has 0 spiro atoms. The summed E-state index contributed by atoms with van der Waals surface area (Å²) in [7, 11) is 0. The van der Waals surface area contributed by atoms with Crippen molar-refractivity contribution in [3.63, 3.8) is 0 Å². The Kier molecular flexibility index (Phi) is 6.98. The van der Waals surface area contributed by atoms with Crippen molar-refractivity contribution in [3.05, 3.63) is 88.8 Å². The molecule has 1 amide bonds. The summed E-state index contributed by atoms with van der Waals surface area (Å²) in [5.74, 6) is -0.939. The molecule has 4 rings (SSSR count). The Labute approximate surface area is 204 Å². The molecule has 0 aliphatic rings. The first-order valence-corrected chi connectivity index (χ1v) is 11.2. The van der Waals surface area contributed by atoms with E-state index in [-0.39, 0.29) is 24.6 Å².